The predicted molar refractivity (Wildman–Crippen MR) is 70.4 cm³/mol. The molecule has 0 saturated heterocycles. The standard InChI is InChI=1S/C15H15F2NO/c1-10-4-3-5-14(15(10)17)19-13-7-11(9-18-2)6-12(16)8-13/h3-8,18H,9H2,1-2H3. The molecule has 0 bridgehead atoms. The fraction of sp³-hybridized carbons (Fsp3) is 0.200. The molecule has 0 radical (unpaired) electrons. The van der Waals surface area contributed by atoms with Crippen molar-refractivity contribution in [2.45, 2.75) is 13.5 Å². The molecule has 0 heterocycles. The van der Waals surface area contributed by atoms with Crippen LogP contribution < -0.4 is 10.1 Å². The smallest absolute Gasteiger partial charge is 0.168 e. The first-order valence-electron chi connectivity index (χ1n) is 5.97. The van der Waals surface area contributed by atoms with Crippen LogP contribution >= 0.6 is 0 Å². The summed E-state index contributed by atoms with van der Waals surface area (Å²) in [5, 5.41) is 2.93. The first kappa shape index (κ1) is 13.5. The summed E-state index contributed by atoms with van der Waals surface area (Å²) in [6.45, 7) is 2.17. The SMILES string of the molecule is CNCc1cc(F)cc(Oc2cccc(C)c2F)c1. The molecule has 0 aliphatic carbocycles. The largest absolute Gasteiger partial charge is 0.454 e. The molecule has 2 nitrogen and oxygen atoms in total. The molecule has 0 saturated carbocycles. The molecule has 0 amide bonds. The van der Waals surface area contributed by atoms with Gasteiger partial charge in [-0.05, 0) is 43.3 Å². The molecule has 0 aromatic heterocycles. The van der Waals surface area contributed by atoms with Gasteiger partial charge >= 0.3 is 0 Å². The number of nitrogens with one attached hydrogen (secondary N) is 1. The lowest BCUT2D eigenvalue weighted by molar-refractivity contribution is 0.436. The summed E-state index contributed by atoms with van der Waals surface area (Å²) in [6.07, 6.45) is 0. The van der Waals surface area contributed by atoms with Gasteiger partial charge in [-0.25, -0.2) is 8.78 Å². The van der Waals surface area contributed by atoms with Gasteiger partial charge in [0.25, 0.3) is 0 Å². The Hall–Kier alpha value is -1.94. The van der Waals surface area contributed by atoms with Crippen molar-refractivity contribution in [2.24, 2.45) is 0 Å². The maximum absolute atomic E-state index is 13.8. The lowest BCUT2D eigenvalue weighted by atomic mass is 10.2. The summed E-state index contributed by atoms with van der Waals surface area (Å²) < 4.78 is 32.7. The quantitative estimate of drug-likeness (QED) is 0.906. The average molecular weight is 263 g/mol. The normalized spacial score (nSPS) is 10.5. The van der Waals surface area contributed by atoms with Crippen LogP contribution in [0.3, 0.4) is 0 Å². The highest BCUT2D eigenvalue weighted by Gasteiger charge is 2.08. The van der Waals surface area contributed by atoms with Crippen LogP contribution in [0.1, 0.15) is 11.1 Å². The van der Waals surface area contributed by atoms with Crippen molar-refractivity contribution in [3.63, 3.8) is 0 Å². The molecule has 0 aliphatic heterocycles. The van der Waals surface area contributed by atoms with Crippen LogP contribution in [0.15, 0.2) is 36.4 Å². The van der Waals surface area contributed by atoms with E-state index in [0.29, 0.717) is 12.1 Å². The summed E-state index contributed by atoms with van der Waals surface area (Å²) in [4.78, 5) is 0. The number of ether oxygens (including phenoxy) is 1. The van der Waals surface area contributed by atoms with E-state index in [1.165, 1.54) is 18.2 Å². The van der Waals surface area contributed by atoms with Gasteiger partial charge in [-0.2, -0.15) is 0 Å². The second-order valence-corrected chi connectivity index (χ2v) is 4.31. The van der Waals surface area contributed by atoms with Crippen LogP contribution in [0.2, 0.25) is 0 Å². The molecule has 19 heavy (non-hydrogen) atoms. The van der Waals surface area contributed by atoms with Crippen molar-refractivity contribution in [2.75, 3.05) is 7.05 Å². The second kappa shape index (κ2) is 5.80. The second-order valence-electron chi connectivity index (χ2n) is 4.31. The number of rotatable bonds is 4. The first-order chi connectivity index (χ1) is 9.10. The maximum Gasteiger partial charge on any atom is 0.168 e. The Kier molecular flexibility index (Phi) is 4.12. The minimum Gasteiger partial charge on any atom is -0.454 e. The summed E-state index contributed by atoms with van der Waals surface area (Å²) in [6, 6.07) is 9.20. The minimum absolute atomic E-state index is 0.0982. The zero-order valence-electron chi connectivity index (χ0n) is 10.8. The van der Waals surface area contributed by atoms with Gasteiger partial charge in [0.05, 0.1) is 0 Å². The third-order valence-electron chi connectivity index (χ3n) is 2.70. The van der Waals surface area contributed by atoms with E-state index in [-0.39, 0.29) is 11.5 Å². The Balaban J connectivity index is 2.30. The third kappa shape index (κ3) is 3.29. The van der Waals surface area contributed by atoms with E-state index in [2.05, 4.69) is 5.32 Å². The van der Waals surface area contributed by atoms with Crippen molar-refractivity contribution in [3.8, 4) is 11.5 Å². The van der Waals surface area contributed by atoms with E-state index in [1.54, 1.807) is 32.2 Å². The van der Waals surface area contributed by atoms with Gasteiger partial charge in [0, 0.05) is 12.6 Å². The molecule has 0 atom stereocenters. The number of halogens is 2. The van der Waals surface area contributed by atoms with E-state index < -0.39 is 11.6 Å². The zero-order valence-corrected chi connectivity index (χ0v) is 10.8. The minimum atomic E-state index is -0.429. The molecule has 2 rings (SSSR count). The summed E-state index contributed by atoms with van der Waals surface area (Å²) >= 11 is 0. The van der Waals surface area contributed by atoms with E-state index in [1.807, 2.05) is 0 Å². The monoisotopic (exact) mass is 263 g/mol. The van der Waals surface area contributed by atoms with Gasteiger partial charge in [-0.1, -0.05) is 12.1 Å². The summed E-state index contributed by atoms with van der Waals surface area (Å²) in [5.41, 5.74) is 1.23. The number of aryl methyl sites for hydroxylation is 1. The highest BCUT2D eigenvalue weighted by atomic mass is 19.1. The van der Waals surface area contributed by atoms with Crippen LogP contribution in [0.25, 0.3) is 0 Å². The van der Waals surface area contributed by atoms with E-state index in [9.17, 15) is 8.78 Å². The van der Waals surface area contributed by atoms with Crippen LogP contribution in [0.4, 0.5) is 8.78 Å². The van der Waals surface area contributed by atoms with Crippen LogP contribution in [0.5, 0.6) is 11.5 Å². The highest BCUT2D eigenvalue weighted by molar-refractivity contribution is 5.37. The van der Waals surface area contributed by atoms with Gasteiger partial charge in [0.2, 0.25) is 0 Å². The van der Waals surface area contributed by atoms with Crippen molar-refractivity contribution < 1.29 is 13.5 Å². The highest BCUT2D eigenvalue weighted by Crippen LogP contribution is 2.27. The molecule has 0 spiro atoms. The van der Waals surface area contributed by atoms with Gasteiger partial charge in [0.15, 0.2) is 11.6 Å². The molecule has 0 unspecified atom stereocenters. The molecule has 1 N–H and O–H groups in total. The Morgan fingerprint density at radius 3 is 2.68 bits per heavy atom. The molecule has 0 aliphatic rings. The van der Waals surface area contributed by atoms with Crippen molar-refractivity contribution in [1.29, 1.82) is 0 Å². The van der Waals surface area contributed by atoms with Gasteiger partial charge in [-0.15, -0.1) is 0 Å². The summed E-state index contributed by atoms with van der Waals surface area (Å²) in [7, 11) is 1.77. The Morgan fingerprint density at radius 1 is 1.16 bits per heavy atom. The molecular formula is C15H15F2NO. The maximum atomic E-state index is 13.8. The van der Waals surface area contributed by atoms with Crippen LogP contribution in [-0.2, 0) is 6.54 Å². The zero-order chi connectivity index (χ0) is 13.8. The topological polar surface area (TPSA) is 21.3 Å². The van der Waals surface area contributed by atoms with Crippen LogP contribution in [-0.4, -0.2) is 7.05 Å². The van der Waals surface area contributed by atoms with Gasteiger partial charge in [0.1, 0.15) is 11.6 Å². The Bertz CT molecular complexity index is 584. The molecule has 100 valence electrons. The van der Waals surface area contributed by atoms with E-state index >= 15 is 0 Å². The molecular weight excluding hydrogens is 248 g/mol. The van der Waals surface area contributed by atoms with Crippen molar-refractivity contribution >= 4 is 0 Å². The molecule has 2 aromatic carbocycles. The van der Waals surface area contributed by atoms with E-state index in [4.69, 9.17) is 4.74 Å². The Morgan fingerprint density at radius 2 is 1.95 bits per heavy atom. The van der Waals surface area contributed by atoms with Gasteiger partial charge < -0.3 is 10.1 Å². The Labute approximate surface area is 111 Å². The number of benzene rings is 2. The molecule has 4 heteroatoms. The lowest BCUT2D eigenvalue weighted by Crippen LogP contribution is -2.05. The third-order valence-corrected chi connectivity index (χ3v) is 2.70. The van der Waals surface area contributed by atoms with Crippen LogP contribution in [0, 0.1) is 18.6 Å². The first-order valence-corrected chi connectivity index (χ1v) is 5.97. The lowest BCUT2D eigenvalue weighted by Gasteiger charge is -2.10. The fourth-order valence-corrected chi connectivity index (χ4v) is 1.81. The average Bonchev–Trinajstić information content (AvgIpc) is 2.35. The van der Waals surface area contributed by atoms with Crippen molar-refractivity contribution in [3.05, 3.63) is 59.2 Å². The molecule has 2 aromatic rings. The van der Waals surface area contributed by atoms with Gasteiger partial charge in [-0.3, -0.25) is 0 Å². The number of hydrogen-bond donors (Lipinski definition) is 1. The molecule has 0 fully saturated rings. The predicted octanol–water partition coefficient (Wildman–Crippen LogP) is 3.78. The summed E-state index contributed by atoms with van der Waals surface area (Å²) in [5.74, 6) is -0.450. The van der Waals surface area contributed by atoms with Crippen molar-refractivity contribution in [1.82, 2.24) is 5.32 Å². The fourth-order valence-electron chi connectivity index (χ4n) is 1.81. The van der Waals surface area contributed by atoms with E-state index in [0.717, 1.165) is 5.56 Å². The number of hydrogen-bond acceptors (Lipinski definition) is 2.